The van der Waals surface area contributed by atoms with Gasteiger partial charge in [-0.15, -0.1) is 0 Å². The number of carbonyl (C=O) groups excluding carboxylic acids is 1. The molecule has 0 radical (unpaired) electrons. The van der Waals surface area contributed by atoms with Gasteiger partial charge in [-0.3, -0.25) is 4.98 Å². The van der Waals surface area contributed by atoms with E-state index in [1.807, 2.05) is 18.2 Å². The maximum absolute atomic E-state index is 11.6. The van der Waals surface area contributed by atoms with E-state index in [4.69, 9.17) is 4.74 Å². The van der Waals surface area contributed by atoms with Crippen LogP contribution in [0.15, 0.2) is 28.9 Å². The molecule has 0 unspecified atom stereocenters. The van der Waals surface area contributed by atoms with Crippen molar-refractivity contribution in [1.82, 2.24) is 4.98 Å². The normalized spacial score (nSPS) is 10.3. The van der Waals surface area contributed by atoms with Crippen molar-refractivity contribution in [2.24, 2.45) is 0 Å². The van der Waals surface area contributed by atoms with Gasteiger partial charge in [0.1, 0.15) is 11.3 Å². The van der Waals surface area contributed by atoms with Gasteiger partial charge >= 0.3 is 5.97 Å². The molecule has 0 aliphatic heterocycles. The first kappa shape index (κ1) is 11.9. The molecule has 0 aliphatic rings. The Hall–Kier alpha value is -1.62. The van der Waals surface area contributed by atoms with E-state index in [-0.39, 0.29) is 0 Å². The molecular weight excluding hydrogens is 286 g/mol. The van der Waals surface area contributed by atoms with E-state index in [2.05, 4.69) is 25.7 Å². The van der Waals surface area contributed by atoms with E-state index in [1.54, 1.807) is 0 Å². The predicted octanol–water partition coefficient (Wildman–Crippen LogP) is 2.79. The molecule has 0 atom stereocenters. The molecule has 17 heavy (non-hydrogen) atoms. The lowest BCUT2D eigenvalue weighted by molar-refractivity contribution is 0.0597. The summed E-state index contributed by atoms with van der Waals surface area (Å²) in [6.07, 6.45) is 1.46. The fraction of sp³-hybridized carbons (Fsp3) is 0.167. The summed E-state index contributed by atoms with van der Waals surface area (Å²) >= 11 is 3.37. The van der Waals surface area contributed by atoms with Gasteiger partial charge in [-0.25, -0.2) is 4.79 Å². The lowest BCUT2D eigenvalue weighted by Crippen LogP contribution is -2.05. The summed E-state index contributed by atoms with van der Waals surface area (Å²) in [6, 6.07) is 5.59. The molecule has 0 saturated carbocycles. The first-order chi connectivity index (χ1) is 8.17. The van der Waals surface area contributed by atoms with Crippen LogP contribution < -0.4 is 4.74 Å². The highest BCUT2D eigenvalue weighted by atomic mass is 79.9. The van der Waals surface area contributed by atoms with Crippen molar-refractivity contribution >= 4 is 32.8 Å². The summed E-state index contributed by atoms with van der Waals surface area (Å²) in [6.45, 7) is 0. The molecule has 0 bridgehead atoms. The second kappa shape index (κ2) is 4.71. The largest absolute Gasteiger partial charge is 0.495 e. The highest BCUT2D eigenvalue weighted by Crippen LogP contribution is 2.30. The van der Waals surface area contributed by atoms with Gasteiger partial charge in [-0.2, -0.15) is 0 Å². The molecule has 5 heteroatoms. The van der Waals surface area contributed by atoms with Gasteiger partial charge in [0, 0.05) is 16.1 Å². The molecule has 0 saturated heterocycles. The summed E-state index contributed by atoms with van der Waals surface area (Å²) < 4.78 is 10.9. The zero-order chi connectivity index (χ0) is 12.4. The maximum atomic E-state index is 11.6. The van der Waals surface area contributed by atoms with E-state index in [0.717, 1.165) is 15.4 Å². The smallest absolute Gasteiger partial charge is 0.343 e. The van der Waals surface area contributed by atoms with Crippen LogP contribution in [-0.4, -0.2) is 25.2 Å². The third-order valence-corrected chi connectivity index (χ3v) is 2.88. The van der Waals surface area contributed by atoms with E-state index >= 15 is 0 Å². The van der Waals surface area contributed by atoms with Crippen molar-refractivity contribution < 1.29 is 14.3 Å². The van der Waals surface area contributed by atoms with Crippen LogP contribution in [0.25, 0.3) is 10.9 Å². The number of hydrogen-bond acceptors (Lipinski definition) is 4. The second-order valence-corrected chi connectivity index (χ2v) is 4.27. The van der Waals surface area contributed by atoms with Crippen molar-refractivity contribution in [3.05, 3.63) is 34.4 Å². The van der Waals surface area contributed by atoms with E-state index in [0.29, 0.717) is 11.3 Å². The van der Waals surface area contributed by atoms with Crippen molar-refractivity contribution in [2.45, 2.75) is 0 Å². The Balaban J connectivity index is 2.76. The van der Waals surface area contributed by atoms with Crippen LogP contribution in [-0.2, 0) is 4.74 Å². The molecule has 88 valence electrons. The van der Waals surface area contributed by atoms with Crippen LogP contribution >= 0.6 is 15.9 Å². The number of aromatic nitrogens is 1. The van der Waals surface area contributed by atoms with Gasteiger partial charge in [0.05, 0.1) is 19.7 Å². The monoisotopic (exact) mass is 295 g/mol. The SMILES string of the molecule is COC(=O)c1cnc2ccc(Br)cc2c1OC. The minimum Gasteiger partial charge on any atom is -0.495 e. The standard InChI is InChI=1S/C12H10BrNO3/c1-16-11-8-5-7(13)3-4-10(8)14-6-9(11)12(15)17-2/h3-6H,1-2H3. The topological polar surface area (TPSA) is 48.4 Å². The number of nitrogens with zero attached hydrogens (tertiary/aromatic N) is 1. The van der Waals surface area contributed by atoms with Gasteiger partial charge in [-0.1, -0.05) is 15.9 Å². The number of halogens is 1. The van der Waals surface area contributed by atoms with E-state index < -0.39 is 5.97 Å². The lowest BCUT2D eigenvalue weighted by atomic mass is 10.1. The zero-order valence-electron chi connectivity index (χ0n) is 9.36. The van der Waals surface area contributed by atoms with Crippen molar-refractivity contribution in [3.63, 3.8) is 0 Å². The van der Waals surface area contributed by atoms with Gasteiger partial charge in [0.15, 0.2) is 0 Å². The van der Waals surface area contributed by atoms with Gasteiger partial charge in [0.2, 0.25) is 0 Å². The number of benzene rings is 1. The average Bonchev–Trinajstić information content (AvgIpc) is 2.36. The summed E-state index contributed by atoms with van der Waals surface area (Å²) in [5, 5.41) is 0.768. The molecule has 0 spiro atoms. The summed E-state index contributed by atoms with van der Waals surface area (Å²) in [5.41, 5.74) is 1.08. The van der Waals surface area contributed by atoms with Gasteiger partial charge < -0.3 is 9.47 Å². The Bertz CT molecular complexity index is 583. The second-order valence-electron chi connectivity index (χ2n) is 3.36. The van der Waals surface area contributed by atoms with Crippen molar-refractivity contribution in [2.75, 3.05) is 14.2 Å². The maximum Gasteiger partial charge on any atom is 0.343 e. The Morgan fingerprint density at radius 2 is 2.12 bits per heavy atom. The van der Waals surface area contributed by atoms with Gasteiger partial charge in [-0.05, 0) is 18.2 Å². The number of fused-ring (bicyclic) bond motifs is 1. The third-order valence-electron chi connectivity index (χ3n) is 2.39. The Kier molecular flexibility index (Phi) is 3.28. The molecule has 1 aromatic carbocycles. The van der Waals surface area contributed by atoms with Crippen LogP contribution in [0.3, 0.4) is 0 Å². The summed E-state index contributed by atoms with van der Waals surface area (Å²) in [5.74, 6) is 0.0133. The summed E-state index contributed by atoms with van der Waals surface area (Å²) in [7, 11) is 2.84. The number of esters is 1. The van der Waals surface area contributed by atoms with Crippen LogP contribution in [0.1, 0.15) is 10.4 Å². The van der Waals surface area contributed by atoms with Crippen LogP contribution in [0.5, 0.6) is 5.75 Å². The van der Waals surface area contributed by atoms with E-state index in [9.17, 15) is 4.79 Å². The summed E-state index contributed by atoms with van der Waals surface area (Å²) in [4.78, 5) is 15.8. The van der Waals surface area contributed by atoms with Gasteiger partial charge in [0.25, 0.3) is 0 Å². The molecule has 1 heterocycles. The molecule has 4 nitrogen and oxygen atoms in total. The van der Waals surface area contributed by atoms with Crippen LogP contribution in [0, 0.1) is 0 Å². The molecule has 0 aliphatic carbocycles. The first-order valence-electron chi connectivity index (χ1n) is 4.88. The fourth-order valence-electron chi connectivity index (χ4n) is 1.62. The molecular formula is C12H10BrNO3. The molecule has 0 N–H and O–H groups in total. The van der Waals surface area contributed by atoms with Crippen molar-refractivity contribution in [1.29, 1.82) is 0 Å². The molecule has 0 fully saturated rings. The predicted molar refractivity (Wildman–Crippen MR) is 67.3 cm³/mol. The molecule has 0 amide bonds. The number of carbonyl (C=O) groups is 1. The highest BCUT2D eigenvalue weighted by Gasteiger charge is 2.16. The minimum atomic E-state index is -0.462. The number of ether oxygens (including phenoxy) is 2. The van der Waals surface area contributed by atoms with Crippen LogP contribution in [0.4, 0.5) is 0 Å². The van der Waals surface area contributed by atoms with Crippen molar-refractivity contribution in [3.8, 4) is 5.75 Å². The number of pyridine rings is 1. The zero-order valence-corrected chi connectivity index (χ0v) is 10.9. The first-order valence-corrected chi connectivity index (χ1v) is 5.67. The lowest BCUT2D eigenvalue weighted by Gasteiger charge is -2.09. The number of rotatable bonds is 2. The molecule has 2 aromatic rings. The molecule has 2 rings (SSSR count). The highest BCUT2D eigenvalue weighted by molar-refractivity contribution is 9.10. The molecule has 1 aromatic heterocycles. The number of methoxy groups -OCH3 is 2. The fourth-order valence-corrected chi connectivity index (χ4v) is 1.98. The Morgan fingerprint density at radius 1 is 1.35 bits per heavy atom. The third kappa shape index (κ3) is 2.10. The Morgan fingerprint density at radius 3 is 2.76 bits per heavy atom. The quantitative estimate of drug-likeness (QED) is 0.800. The van der Waals surface area contributed by atoms with E-state index in [1.165, 1.54) is 20.4 Å². The van der Waals surface area contributed by atoms with Crippen LogP contribution in [0.2, 0.25) is 0 Å². The average molecular weight is 296 g/mol. The Labute approximate surface area is 107 Å². The minimum absolute atomic E-state index is 0.320. The number of hydrogen-bond donors (Lipinski definition) is 0.